The predicted molar refractivity (Wildman–Crippen MR) is 123 cm³/mol. The van der Waals surface area contributed by atoms with Crippen LogP contribution in [0.5, 0.6) is 11.5 Å². The Morgan fingerprint density at radius 2 is 1.76 bits per heavy atom. The summed E-state index contributed by atoms with van der Waals surface area (Å²) in [7, 11) is 0. The van der Waals surface area contributed by atoms with Gasteiger partial charge in [0.15, 0.2) is 11.5 Å². The number of carbonyl (C=O) groups is 3. The number of phenolic OH excluding ortho intramolecular Hbond substituents is 2. The molecule has 3 aliphatic heterocycles. The molecule has 1 aliphatic carbocycles. The Bertz CT molecular complexity index is 1240. The van der Waals surface area contributed by atoms with Crippen LogP contribution in [0.25, 0.3) is 0 Å². The number of aryl methyl sites for hydroxylation is 1. The van der Waals surface area contributed by atoms with Crippen LogP contribution >= 0.6 is 0 Å². The number of carbonyl (C=O) groups excluding carboxylic acids is 3. The van der Waals surface area contributed by atoms with Gasteiger partial charge < -0.3 is 15.5 Å². The van der Waals surface area contributed by atoms with Crippen LogP contribution in [-0.2, 0) is 26.3 Å². The van der Waals surface area contributed by atoms with Gasteiger partial charge in [-0.05, 0) is 49.9 Å². The van der Waals surface area contributed by atoms with Crippen LogP contribution < -0.4 is 10.6 Å². The Hall–Kier alpha value is -3.39. The number of nitrogens with zero attached hydrogens (tertiary/aromatic N) is 1. The van der Waals surface area contributed by atoms with Gasteiger partial charge in [0.25, 0.3) is 0 Å². The number of anilines is 1. The van der Waals surface area contributed by atoms with Crippen molar-refractivity contribution in [3.05, 3.63) is 53.1 Å². The number of hydrogen-bond acceptors (Lipinski definition) is 6. The largest absolute Gasteiger partial charge is 0.504 e. The molecule has 3 fully saturated rings. The summed E-state index contributed by atoms with van der Waals surface area (Å²) in [4.78, 5) is 42.7. The van der Waals surface area contributed by atoms with Gasteiger partial charge in [-0.1, -0.05) is 36.6 Å². The second kappa shape index (κ2) is 7.30. The first-order valence-electron chi connectivity index (χ1n) is 11.9. The molecule has 3 heterocycles. The summed E-state index contributed by atoms with van der Waals surface area (Å²) in [6, 6.07) is 9.61. The van der Waals surface area contributed by atoms with E-state index in [1.54, 1.807) is 6.07 Å². The number of fused-ring (bicyclic) bond motifs is 4. The lowest BCUT2D eigenvalue weighted by molar-refractivity contribution is -0.145. The number of rotatable bonds is 3. The van der Waals surface area contributed by atoms with Crippen molar-refractivity contribution in [3.8, 4) is 11.5 Å². The third-order valence-electron chi connectivity index (χ3n) is 8.09. The van der Waals surface area contributed by atoms with Gasteiger partial charge in [0.1, 0.15) is 5.54 Å². The second-order valence-electron chi connectivity index (χ2n) is 10.1. The van der Waals surface area contributed by atoms with E-state index in [2.05, 4.69) is 10.6 Å². The zero-order valence-corrected chi connectivity index (χ0v) is 18.9. The minimum atomic E-state index is -1.32. The molecule has 3 amide bonds. The highest BCUT2D eigenvalue weighted by atomic mass is 16.3. The smallest absolute Gasteiger partial charge is 0.250 e. The molecule has 0 bridgehead atoms. The van der Waals surface area contributed by atoms with E-state index in [0.717, 1.165) is 31.2 Å². The Morgan fingerprint density at radius 1 is 1.00 bits per heavy atom. The van der Waals surface area contributed by atoms with Crippen LogP contribution in [0.1, 0.15) is 42.4 Å². The van der Waals surface area contributed by atoms with E-state index in [-0.39, 0.29) is 35.3 Å². The number of hydrogen-bond donors (Lipinski definition) is 4. The molecule has 2 aromatic rings. The van der Waals surface area contributed by atoms with E-state index in [1.165, 1.54) is 17.0 Å². The van der Waals surface area contributed by atoms with E-state index < -0.39 is 23.4 Å². The van der Waals surface area contributed by atoms with Crippen LogP contribution in [0.2, 0.25) is 0 Å². The van der Waals surface area contributed by atoms with Gasteiger partial charge in [-0.15, -0.1) is 0 Å². The van der Waals surface area contributed by atoms with Crippen molar-refractivity contribution in [2.75, 3.05) is 5.32 Å². The summed E-state index contributed by atoms with van der Waals surface area (Å²) in [6.45, 7) is 1.94. The van der Waals surface area contributed by atoms with Gasteiger partial charge >= 0.3 is 0 Å². The number of aromatic hydroxyl groups is 2. The zero-order valence-electron chi connectivity index (χ0n) is 18.9. The summed E-state index contributed by atoms with van der Waals surface area (Å²) in [5.41, 5.74) is 1.70. The van der Waals surface area contributed by atoms with Crippen LogP contribution in [0, 0.1) is 18.8 Å². The van der Waals surface area contributed by atoms with Crippen molar-refractivity contribution in [3.63, 3.8) is 0 Å². The SMILES string of the molecule is Cc1ccc2c(c1)C1(NC(Cc3ccc(O)c(O)c3)[C@H]3C(=O)N(C4CCCC4)C(=O)[C@H]31)C(=O)N2. The van der Waals surface area contributed by atoms with Gasteiger partial charge in [-0.25, -0.2) is 0 Å². The topological polar surface area (TPSA) is 119 Å². The quantitative estimate of drug-likeness (QED) is 0.412. The van der Waals surface area contributed by atoms with Gasteiger partial charge in [0, 0.05) is 23.3 Å². The number of benzene rings is 2. The average Bonchev–Trinajstić information content (AvgIpc) is 3.54. The van der Waals surface area contributed by atoms with Crippen LogP contribution in [0.4, 0.5) is 5.69 Å². The fraction of sp³-hybridized carbons (Fsp3) is 0.423. The molecule has 176 valence electrons. The molecule has 1 spiro atoms. The van der Waals surface area contributed by atoms with Crippen LogP contribution in [0.3, 0.4) is 0 Å². The van der Waals surface area contributed by atoms with Crippen molar-refractivity contribution < 1.29 is 24.6 Å². The van der Waals surface area contributed by atoms with Crippen LogP contribution in [0.15, 0.2) is 36.4 Å². The maximum atomic E-state index is 13.9. The van der Waals surface area contributed by atoms with Crippen molar-refractivity contribution >= 4 is 23.4 Å². The third-order valence-corrected chi connectivity index (χ3v) is 8.09. The molecule has 4 atom stereocenters. The van der Waals surface area contributed by atoms with Crippen molar-refractivity contribution in [1.29, 1.82) is 0 Å². The Morgan fingerprint density at radius 3 is 2.50 bits per heavy atom. The van der Waals surface area contributed by atoms with Crippen molar-refractivity contribution in [2.45, 2.75) is 56.7 Å². The highest BCUT2D eigenvalue weighted by Gasteiger charge is 2.70. The molecule has 6 rings (SSSR count). The summed E-state index contributed by atoms with van der Waals surface area (Å²) >= 11 is 0. The first kappa shape index (κ1) is 21.2. The molecule has 1 saturated carbocycles. The molecular formula is C26H27N3O5. The van der Waals surface area contributed by atoms with Crippen molar-refractivity contribution in [2.24, 2.45) is 11.8 Å². The van der Waals surface area contributed by atoms with E-state index >= 15 is 0 Å². The van der Waals surface area contributed by atoms with E-state index in [9.17, 15) is 24.6 Å². The molecule has 2 aromatic carbocycles. The van der Waals surface area contributed by atoms with E-state index in [1.807, 2.05) is 25.1 Å². The molecular weight excluding hydrogens is 434 g/mol. The van der Waals surface area contributed by atoms with Crippen molar-refractivity contribution in [1.82, 2.24) is 10.2 Å². The molecule has 8 nitrogen and oxygen atoms in total. The molecule has 4 N–H and O–H groups in total. The Balaban J connectivity index is 1.47. The van der Waals surface area contributed by atoms with Gasteiger partial charge in [-0.2, -0.15) is 0 Å². The number of nitrogens with one attached hydrogen (secondary N) is 2. The molecule has 0 aromatic heterocycles. The number of phenols is 2. The molecule has 8 heteroatoms. The standard InChI is InChI=1S/C26H27N3O5/c1-13-6-8-17-16(10-13)26(25(34)27-17)22-21(23(32)29(24(22)33)15-4-2-3-5-15)18(28-26)11-14-7-9-19(30)20(31)12-14/h6-10,12,15,18,21-22,28,30-31H,2-5,11H2,1H3,(H,27,34)/t18?,21-,22+,26?/m1/s1. The molecule has 4 aliphatic rings. The summed E-state index contributed by atoms with van der Waals surface area (Å²) in [5, 5.41) is 26.1. The lowest BCUT2D eigenvalue weighted by atomic mass is 9.76. The lowest BCUT2D eigenvalue weighted by Gasteiger charge is -2.31. The maximum Gasteiger partial charge on any atom is 0.250 e. The highest BCUT2D eigenvalue weighted by molar-refractivity contribution is 6.15. The number of amides is 3. The maximum absolute atomic E-state index is 13.9. The van der Waals surface area contributed by atoms with Gasteiger partial charge in [0.05, 0.1) is 11.8 Å². The summed E-state index contributed by atoms with van der Waals surface area (Å²) in [5.74, 6) is -2.79. The minimum absolute atomic E-state index is 0.109. The summed E-state index contributed by atoms with van der Waals surface area (Å²) in [6.07, 6.45) is 3.90. The third kappa shape index (κ3) is 2.78. The normalized spacial score (nSPS) is 30.3. The Labute approximate surface area is 197 Å². The first-order chi connectivity index (χ1) is 16.3. The zero-order chi connectivity index (χ0) is 23.8. The lowest BCUT2D eigenvalue weighted by Crippen LogP contribution is -2.54. The Kier molecular flexibility index (Phi) is 4.55. The van der Waals surface area contributed by atoms with Gasteiger partial charge in [0.2, 0.25) is 17.7 Å². The number of imide groups is 1. The fourth-order valence-corrected chi connectivity index (χ4v) is 6.59. The molecule has 0 radical (unpaired) electrons. The van der Waals surface area contributed by atoms with E-state index in [4.69, 9.17) is 0 Å². The summed E-state index contributed by atoms with van der Waals surface area (Å²) < 4.78 is 0. The molecule has 34 heavy (non-hydrogen) atoms. The first-order valence-corrected chi connectivity index (χ1v) is 11.9. The average molecular weight is 462 g/mol. The monoisotopic (exact) mass is 461 g/mol. The molecule has 2 unspecified atom stereocenters. The number of likely N-dealkylation sites (tertiary alicyclic amines) is 1. The molecule has 2 saturated heterocycles. The van der Waals surface area contributed by atoms with Crippen LogP contribution in [-0.4, -0.2) is 44.9 Å². The predicted octanol–water partition coefficient (Wildman–Crippen LogP) is 2.31. The fourth-order valence-electron chi connectivity index (χ4n) is 6.59. The highest BCUT2D eigenvalue weighted by Crippen LogP contribution is 2.54. The second-order valence-corrected chi connectivity index (χ2v) is 10.1. The minimum Gasteiger partial charge on any atom is -0.504 e. The van der Waals surface area contributed by atoms with E-state index in [0.29, 0.717) is 23.2 Å². The van der Waals surface area contributed by atoms with Gasteiger partial charge in [-0.3, -0.25) is 24.6 Å².